The van der Waals surface area contributed by atoms with Crippen LogP contribution in [0.15, 0.2) is 23.1 Å². The number of hydrogen-bond acceptors (Lipinski definition) is 4. The summed E-state index contributed by atoms with van der Waals surface area (Å²) < 4.78 is 26.3. The van der Waals surface area contributed by atoms with Crippen LogP contribution in [-0.2, 0) is 10.0 Å². The summed E-state index contributed by atoms with van der Waals surface area (Å²) >= 11 is 0. The van der Waals surface area contributed by atoms with Gasteiger partial charge < -0.3 is 10.8 Å². The fraction of sp³-hybridized carbons (Fsp3) is 0.538. The number of sulfonamides is 1. The molecule has 1 atom stereocenters. The molecule has 1 aliphatic rings. The minimum absolute atomic E-state index is 0.128. The van der Waals surface area contributed by atoms with Gasteiger partial charge >= 0.3 is 0 Å². The molecule has 1 heterocycles. The minimum atomic E-state index is -3.58. The average Bonchev–Trinajstić information content (AvgIpc) is 2.31. The van der Waals surface area contributed by atoms with Crippen molar-refractivity contribution in [3.63, 3.8) is 0 Å². The molecule has 19 heavy (non-hydrogen) atoms. The summed E-state index contributed by atoms with van der Waals surface area (Å²) in [7, 11) is -3.58. The number of aryl methyl sites for hydroxylation is 1. The van der Waals surface area contributed by atoms with E-state index < -0.39 is 15.6 Å². The van der Waals surface area contributed by atoms with Crippen molar-refractivity contribution < 1.29 is 13.5 Å². The van der Waals surface area contributed by atoms with E-state index in [2.05, 4.69) is 0 Å². The Morgan fingerprint density at radius 3 is 2.68 bits per heavy atom. The van der Waals surface area contributed by atoms with E-state index >= 15 is 0 Å². The molecule has 1 saturated heterocycles. The van der Waals surface area contributed by atoms with E-state index in [1.807, 2.05) is 6.92 Å². The van der Waals surface area contributed by atoms with Gasteiger partial charge in [0.2, 0.25) is 10.0 Å². The van der Waals surface area contributed by atoms with Gasteiger partial charge in [0, 0.05) is 18.8 Å². The lowest BCUT2D eigenvalue weighted by atomic mass is 9.97. The van der Waals surface area contributed by atoms with E-state index in [-0.39, 0.29) is 11.4 Å². The quantitative estimate of drug-likeness (QED) is 0.797. The fourth-order valence-corrected chi connectivity index (χ4v) is 3.94. The monoisotopic (exact) mass is 284 g/mol. The molecule has 6 heteroatoms. The van der Waals surface area contributed by atoms with E-state index in [1.54, 1.807) is 19.1 Å². The van der Waals surface area contributed by atoms with Crippen LogP contribution in [0.3, 0.4) is 0 Å². The van der Waals surface area contributed by atoms with Gasteiger partial charge in [-0.05, 0) is 44.4 Å². The molecule has 1 aromatic rings. The van der Waals surface area contributed by atoms with Crippen LogP contribution in [0.25, 0.3) is 0 Å². The molecule has 1 unspecified atom stereocenters. The van der Waals surface area contributed by atoms with E-state index in [4.69, 9.17) is 5.73 Å². The Hall–Kier alpha value is -1.11. The Bertz CT molecular complexity index is 582. The number of nitrogens with zero attached hydrogens (tertiary/aromatic N) is 1. The van der Waals surface area contributed by atoms with Crippen LogP contribution in [0, 0.1) is 6.92 Å². The third-order valence-electron chi connectivity index (χ3n) is 3.53. The first-order valence-electron chi connectivity index (χ1n) is 6.31. The summed E-state index contributed by atoms with van der Waals surface area (Å²) in [4.78, 5) is 0.188. The van der Waals surface area contributed by atoms with Crippen molar-refractivity contribution in [1.29, 1.82) is 0 Å². The zero-order valence-corrected chi connectivity index (χ0v) is 12.1. The Balaban J connectivity index is 2.34. The summed E-state index contributed by atoms with van der Waals surface area (Å²) in [6.07, 6.45) is 1.28. The van der Waals surface area contributed by atoms with Crippen molar-refractivity contribution in [1.82, 2.24) is 4.31 Å². The normalized spacial score (nSPS) is 25.4. The number of benzene rings is 1. The minimum Gasteiger partial charge on any atom is -0.398 e. The maximum Gasteiger partial charge on any atom is 0.243 e. The standard InChI is InChI=1S/C13H20N2O3S/c1-10-4-5-11(8-12(10)14)19(17,18)15-7-3-6-13(2,16)9-15/h4-5,8,16H,3,6-7,9,14H2,1-2H3. The van der Waals surface area contributed by atoms with Crippen LogP contribution < -0.4 is 5.73 Å². The topological polar surface area (TPSA) is 83.6 Å². The molecule has 3 N–H and O–H groups in total. The number of nitrogen functional groups attached to an aromatic ring is 1. The van der Waals surface area contributed by atoms with Gasteiger partial charge in [0.1, 0.15) is 0 Å². The number of rotatable bonds is 2. The Morgan fingerprint density at radius 2 is 2.11 bits per heavy atom. The van der Waals surface area contributed by atoms with Crippen molar-refractivity contribution in [3.8, 4) is 0 Å². The van der Waals surface area contributed by atoms with Crippen LogP contribution in [0.5, 0.6) is 0 Å². The molecule has 0 aliphatic carbocycles. The number of nitrogens with two attached hydrogens (primary N) is 1. The summed E-state index contributed by atoms with van der Waals surface area (Å²) in [6.45, 7) is 4.06. The van der Waals surface area contributed by atoms with Gasteiger partial charge in [-0.2, -0.15) is 4.31 Å². The zero-order valence-electron chi connectivity index (χ0n) is 11.3. The van der Waals surface area contributed by atoms with Crippen LogP contribution in [0.4, 0.5) is 5.69 Å². The smallest absolute Gasteiger partial charge is 0.243 e. The number of aliphatic hydroxyl groups is 1. The molecule has 106 valence electrons. The number of hydrogen-bond donors (Lipinski definition) is 2. The molecule has 1 aromatic carbocycles. The van der Waals surface area contributed by atoms with Gasteiger partial charge in [-0.25, -0.2) is 8.42 Å². The second-order valence-corrected chi connectivity index (χ2v) is 7.40. The van der Waals surface area contributed by atoms with Gasteiger partial charge in [0.15, 0.2) is 0 Å². The fourth-order valence-electron chi connectivity index (χ4n) is 2.31. The lowest BCUT2D eigenvalue weighted by Gasteiger charge is -2.35. The summed E-state index contributed by atoms with van der Waals surface area (Å²) in [5, 5.41) is 10.0. The second kappa shape index (κ2) is 4.77. The Morgan fingerprint density at radius 1 is 1.42 bits per heavy atom. The van der Waals surface area contributed by atoms with Gasteiger partial charge in [0.25, 0.3) is 0 Å². The molecule has 1 fully saturated rings. The molecule has 0 radical (unpaired) electrons. The van der Waals surface area contributed by atoms with Crippen molar-refractivity contribution in [2.75, 3.05) is 18.8 Å². The van der Waals surface area contributed by atoms with Crippen LogP contribution in [0.2, 0.25) is 0 Å². The highest BCUT2D eigenvalue weighted by molar-refractivity contribution is 7.89. The molecule has 0 saturated carbocycles. The zero-order chi connectivity index (χ0) is 14.3. The van der Waals surface area contributed by atoms with E-state index in [0.29, 0.717) is 25.1 Å². The lowest BCUT2D eigenvalue weighted by Crippen LogP contribution is -2.48. The first kappa shape index (κ1) is 14.3. The van der Waals surface area contributed by atoms with Gasteiger partial charge in [-0.1, -0.05) is 6.07 Å². The SMILES string of the molecule is Cc1ccc(S(=O)(=O)N2CCCC(C)(O)C2)cc1N. The van der Waals surface area contributed by atoms with E-state index in [9.17, 15) is 13.5 Å². The molecular weight excluding hydrogens is 264 g/mol. The maximum atomic E-state index is 12.5. The third kappa shape index (κ3) is 2.91. The molecular formula is C13H20N2O3S. The highest BCUT2D eigenvalue weighted by Crippen LogP contribution is 2.27. The van der Waals surface area contributed by atoms with Gasteiger partial charge in [-0.15, -0.1) is 0 Å². The summed E-state index contributed by atoms with van der Waals surface area (Å²) in [5.74, 6) is 0. The van der Waals surface area contributed by atoms with Crippen molar-refractivity contribution in [2.24, 2.45) is 0 Å². The molecule has 2 rings (SSSR count). The van der Waals surface area contributed by atoms with Gasteiger partial charge in [0.05, 0.1) is 10.5 Å². The van der Waals surface area contributed by atoms with E-state index in [0.717, 1.165) is 5.56 Å². The highest BCUT2D eigenvalue weighted by atomic mass is 32.2. The largest absolute Gasteiger partial charge is 0.398 e. The van der Waals surface area contributed by atoms with E-state index in [1.165, 1.54) is 10.4 Å². The van der Waals surface area contributed by atoms with Crippen molar-refractivity contribution in [3.05, 3.63) is 23.8 Å². The predicted octanol–water partition coefficient (Wildman–Crippen LogP) is 1.11. The second-order valence-electron chi connectivity index (χ2n) is 5.46. The average molecular weight is 284 g/mol. The number of anilines is 1. The molecule has 0 aromatic heterocycles. The molecule has 1 aliphatic heterocycles. The van der Waals surface area contributed by atoms with Crippen LogP contribution >= 0.6 is 0 Å². The van der Waals surface area contributed by atoms with Gasteiger partial charge in [-0.3, -0.25) is 0 Å². The number of β-amino-alcohol motifs (C(OH)–C–C–N with tert-alkyl or cyclic N) is 1. The predicted molar refractivity (Wildman–Crippen MR) is 74.2 cm³/mol. The Kier molecular flexibility index (Phi) is 3.59. The molecule has 0 amide bonds. The van der Waals surface area contributed by atoms with Crippen molar-refractivity contribution in [2.45, 2.75) is 37.2 Å². The summed E-state index contributed by atoms with van der Waals surface area (Å²) in [6, 6.07) is 4.74. The van der Waals surface area contributed by atoms with Crippen molar-refractivity contribution >= 4 is 15.7 Å². The first-order valence-corrected chi connectivity index (χ1v) is 7.75. The van der Waals surface area contributed by atoms with Crippen LogP contribution in [-0.4, -0.2) is 36.5 Å². The molecule has 0 bridgehead atoms. The lowest BCUT2D eigenvalue weighted by molar-refractivity contribution is 0.00940. The first-order chi connectivity index (χ1) is 8.72. The van der Waals surface area contributed by atoms with Crippen LogP contribution in [0.1, 0.15) is 25.3 Å². The molecule has 0 spiro atoms. The highest BCUT2D eigenvalue weighted by Gasteiger charge is 2.35. The third-order valence-corrected chi connectivity index (χ3v) is 5.37. The summed E-state index contributed by atoms with van der Waals surface area (Å²) in [5.41, 5.74) is 6.13. The molecule has 5 nitrogen and oxygen atoms in total. The maximum absolute atomic E-state index is 12.5. The number of piperidine rings is 1. The Labute approximate surface area is 114 Å².